The summed E-state index contributed by atoms with van der Waals surface area (Å²) in [5.41, 5.74) is -0.486. The molecule has 0 saturated carbocycles. The van der Waals surface area contributed by atoms with E-state index in [-0.39, 0.29) is 11.9 Å². The number of nitrogens with zero attached hydrogens (tertiary/aromatic N) is 1. The highest BCUT2D eigenvalue weighted by Crippen LogP contribution is 2.16. The van der Waals surface area contributed by atoms with Gasteiger partial charge in [-0.1, -0.05) is 0 Å². The number of amides is 1. The molecule has 1 aromatic rings. The van der Waals surface area contributed by atoms with Gasteiger partial charge in [0.25, 0.3) is 0 Å². The van der Waals surface area contributed by atoms with E-state index in [9.17, 15) is 4.79 Å². The average Bonchev–Trinajstić information content (AvgIpc) is 2.87. The van der Waals surface area contributed by atoms with E-state index >= 15 is 0 Å². The lowest BCUT2D eigenvalue weighted by atomic mass is 9.92. The number of guanidine groups is 1. The van der Waals surface area contributed by atoms with Crippen molar-refractivity contribution in [3.05, 3.63) is 21.9 Å². The molecular weight excluding hydrogens is 296 g/mol. The Hall–Kier alpha value is -1.56. The minimum absolute atomic E-state index is 0.0116. The second-order valence-electron chi connectivity index (χ2n) is 6.15. The van der Waals surface area contributed by atoms with Gasteiger partial charge in [0.15, 0.2) is 5.96 Å². The number of nitrogens with one attached hydrogen (secondary N) is 3. The maximum Gasteiger partial charge on any atom is 0.227 e. The van der Waals surface area contributed by atoms with Crippen LogP contribution in [0.4, 0.5) is 0 Å². The average molecular weight is 324 g/mol. The standard InChI is InChI=1S/C16H28N4OS/c1-11(9-13-8-7-12(2)22-13)20-15(18-6)19-10-16(3,4)14(21)17-5/h7-8,11H,9-10H2,1-6H3,(H,17,21)(H2,18,19,20). The molecule has 0 saturated heterocycles. The molecule has 0 aliphatic heterocycles. The number of aliphatic imine (C=N–C) groups is 1. The third-order valence-electron chi connectivity index (χ3n) is 3.45. The van der Waals surface area contributed by atoms with Crippen molar-refractivity contribution >= 4 is 23.2 Å². The van der Waals surface area contributed by atoms with Gasteiger partial charge in [-0.3, -0.25) is 9.79 Å². The Bertz CT molecular complexity index is 522. The Labute approximate surface area is 137 Å². The molecule has 1 unspecified atom stereocenters. The van der Waals surface area contributed by atoms with Crippen LogP contribution >= 0.6 is 11.3 Å². The summed E-state index contributed by atoms with van der Waals surface area (Å²) in [6, 6.07) is 4.58. The van der Waals surface area contributed by atoms with Gasteiger partial charge in [-0.25, -0.2) is 0 Å². The van der Waals surface area contributed by atoms with E-state index in [1.165, 1.54) is 9.75 Å². The third-order valence-corrected chi connectivity index (χ3v) is 4.47. The molecule has 0 aliphatic rings. The summed E-state index contributed by atoms with van der Waals surface area (Å²) in [5.74, 6) is 0.732. The van der Waals surface area contributed by atoms with Gasteiger partial charge in [0.1, 0.15) is 0 Å². The summed E-state index contributed by atoms with van der Waals surface area (Å²) in [6.07, 6.45) is 0.956. The molecule has 1 rings (SSSR count). The third kappa shape index (κ3) is 5.67. The fourth-order valence-electron chi connectivity index (χ4n) is 2.10. The van der Waals surface area contributed by atoms with Crippen LogP contribution in [0.3, 0.4) is 0 Å². The molecule has 124 valence electrons. The maximum atomic E-state index is 11.8. The Kier molecular flexibility index (Phi) is 6.87. The lowest BCUT2D eigenvalue weighted by Crippen LogP contribution is -2.49. The molecule has 0 spiro atoms. The lowest BCUT2D eigenvalue weighted by molar-refractivity contribution is -0.128. The van der Waals surface area contributed by atoms with Crippen LogP contribution in [0.15, 0.2) is 17.1 Å². The minimum atomic E-state index is -0.486. The lowest BCUT2D eigenvalue weighted by Gasteiger charge is -2.25. The first-order chi connectivity index (χ1) is 10.3. The van der Waals surface area contributed by atoms with Crippen LogP contribution < -0.4 is 16.0 Å². The topological polar surface area (TPSA) is 65.5 Å². The van der Waals surface area contributed by atoms with Crippen LogP contribution in [0.5, 0.6) is 0 Å². The van der Waals surface area contributed by atoms with Gasteiger partial charge in [-0.05, 0) is 39.8 Å². The number of rotatable bonds is 6. The van der Waals surface area contributed by atoms with Crippen LogP contribution in [-0.4, -0.2) is 38.5 Å². The first kappa shape index (κ1) is 18.5. The highest BCUT2D eigenvalue weighted by atomic mass is 32.1. The highest BCUT2D eigenvalue weighted by molar-refractivity contribution is 7.11. The van der Waals surface area contributed by atoms with Crippen LogP contribution in [0, 0.1) is 12.3 Å². The highest BCUT2D eigenvalue weighted by Gasteiger charge is 2.26. The number of carbonyl (C=O) groups excluding carboxylic acids is 1. The predicted octanol–water partition coefficient (Wildman–Crippen LogP) is 1.92. The van der Waals surface area contributed by atoms with Gasteiger partial charge in [-0.15, -0.1) is 11.3 Å². The van der Waals surface area contributed by atoms with E-state index in [0.717, 1.165) is 12.4 Å². The molecule has 0 aliphatic carbocycles. The second-order valence-corrected chi connectivity index (χ2v) is 7.52. The van der Waals surface area contributed by atoms with Crippen LogP contribution in [0.1, 0.15) is 30.5 Å². The molecule has 1 heterocycles. The Morgan fingerprint density at radius 2 is 2.09 bits per heavy atom. The molecule has 22 heavy (non-hydrogen) atoms. The zero-order valence-electron chi connectivity index (χ0n) is 14.4. The van der Waals surface area contributed by atoms with Crippen LogP contribution in [-0.2, 0) is 11.2 Å². The molecule has 0 fully saturated rings. The smallest absolute Gasteiger partial charge is 0.227 e. The van der Waals surface area contributed by atoms with Crippen molar-refractivity contribution in [3.63, 3.8) is 0 Å². The van der Waals surface area contributed by atoms with E-state index in [1.54, 1.807) is 14.1 Å². The van der Waals surface area contributed by atoms with Crippen molar-refractivity contribution in [2.75, 3.05) is 20.6 Å². The van der Waals surface area contributed by atoms with Crippen molar-refractivity contribution in [1.29, 1.82) is 0 Å². The SMILES string of the molecule is CN=C(NCC(C)(C)C(=O)NC)NC(C)Cc1ccc(C)s1. The number of thiophene rings is 1. The molecule has 1 amide bonds. The number of hydrogen-bond acceptors (Lipinski definition) is 3. The normalized spacial score (nSPS) is 13.6. The zero-order chi connectivity index (χ0) is 16.8. The summed E-state index contributed by atoms with van der Waals surface area (Å²) < 4.78 is 0. The van der Waals surface area contributed by atoms with Crippen molar-refractivity contribution in [2.24, 2.45) is 10.4 Å². The van der Waals surface area contributed by atoms with Gasteiger partial charge < -0.3 is 16.0 Å². The maximum absolute atomic E-state index is 11.8. The van der Waals surface area contributed by atoms with E-state index in [4.69, 9.17) is 0 Å². The molecule has 5 nitrogen and oxygen atoms in total. The predicted molar refractivity (Wildman–Crippen MR) is 94.6 cm³/mol. The number of aryl methyl sites for hydroxylation is 1. The first-order valence-corrected chi connectivity index (χ1v) is 8.35. The van der Waals surface area contributed by atoms with Crippen molar-refractivity contribution in [1.82, 2.24) is 16.0 Å². The first-order valence-electron chi connectivity index (χ1n) is 7.53. The summed E-state index contributed by atoms with van der Waals surface area (Å²) in [7, 11) is 3.40. The van der Waals surface area contributed by atoms with E-state index in [1.807, 2.05) is 25.2 Å². The summed E-state index contributed by atoms with van der Waals surface area (Å²) >= 11 is 1.82. The van der Waals surface area contributed by atoms with Crippen LogP contribution in [0.25, 0.3) is 0 Å². The largest absolute Gasteiger partial charge is 0.359 e. The fraction of sp³-hybridized carbons (Fsp3) is 0.625. The van der Waals surface area contributed by atoms with Gasteiger partial charge in [-0.2, -0.15) is 0 Å². The number of hydrogen-bond donors (Lipinski definition) is 3. The van der Waals surface area contributed by atoms with Crippen molar-refractivity contribution in [2.45, 2.75) is 40.2 Å². The van der Waals surface area contributed by atoms with Crippen LogP contribution in [0.2, 0.25) is 0 Å². The molecule has 0 radical (unpaired) electrons. The zero-order valence-corrected chi connectivity index (χ0v) is 15.2. The molecule has 1 aromatic heterocycles. The molecule has 0 bridgehead atoms. The van der Waals surface area contributed by atoms with E-state index in [2.05, 4.69) is 46.9 Å². The molecule has 1 atom stereocenters. The molecule has 3 N–H and O–H groups in total. The van der Waals surface area contributed by atoms with Gasteiger partial charge >= 0.3 is 0 Å². The summed E-state index contributed by atoms with van der Waals surface area (Å²) in [4.78, 5) is 18.7. The molecule has 6 heteroatoms. The molecule has 0 aromatic carbocycles. The Morgan fingerprint density at radius 3 is 2.59 bits per heavy atom. The Morgan fingerprint density at radius 1 is 1.41 bits per heavy atom. The van der Waals surface area contributed by atoms with E-state index < -0.39 is 5.41 Å². The summed E-state index contributed by atoms with van der Waals surface area (Å²) in [5, 5.41) is 9.28. The minimum Gasteiger partial charge on any atom is -0.359 e. The summed E-state index contributed by atoms with van der Waals surface area (Å²) in [6.45, 7) is 8.59. The molecular formula is C16H28N4OS. The van der Waals surface area contributed by atoms with Crippen molar-refractivity contribution < 1.29 is 4.79 Å². The monoisotopic (exact) mass is 324 g/mol. The van der Waals surface area contributed by atoms with Crippen molar-refractivity contribution in [3.8, 4) is 0 Å². The number of carbonyl (C=O) groups is 1. The Balaban J connectivity index is 2.50. The van der Waals surface area contributed by atoms with Gasteiger partial charge in [0.05, 0.1) is 5.41 Å². The van der Waals surface area contributed by atoms with E-state index in [0.29, 0.717) is 6.54 Å². The van der Waals surface area contributed by atoms with Gasteiger partial charge in [0, 0.05) is 42.9 Å². The second kappa shape index (κ2) is 8.17. The van der Waals surface area contributed by atoms with Gasteiger partial charge in [0.2, 0.25) is 5.91 Å². The quantitative estimate of drug-likeness (QED) is 0.553. The fourth-order valence-corrected chi connectivity index (χ4v) is 3.12.